The molecule has 0 saturated carbocycles. The van der Waals surface area contributed by atoms with Gasteiger partial charge in [-0.3, -0.25) is 9.36 Å². The maximum atomic E-state index is 12.0. The Hall–Kier alpha value is -2.95. The van der Waals surface area contributed by atoms with Crippen molar-refractivity contribution in [3.05, 3.63) is 78.0 Å². The van der Waals surface area contributed by atoms with Crippen molar-refractivity contribution >= 4 is 5.91 Å². The molecule has 0 unspecified atom stereocenters. The normalized spacial score (nSPS) is 10.6. The Bertz CT molecular complexity index is 793. The molecule has 0 radical (unpaired) electrons. The number of nitrogens with zero attached hydrogens (tertiary/aromatic N) is 3. The van der Waals surface area contributed by atoms with Crippen LogP contribution in [0.4, 0.5) is 0 Å². The molecule has 0 spiro atoms. The summed E-state index contributed by atoms with van der Waals surface area (Å²) in [7, 11) is 0. The van der Waals surface area contributed by atoms with Crippen molar-refractivity contribution in [3.63, 3.8) is 0 Å². The number of rotatable bonds is 7. The summed E-state index contributed by atoms with van der Waals surface area (Å²) in [4.78, 5) is 20.4. The molecule has 1 amide bonds. The van der Waals surface area contributed by atoms with Gasteiger partial charge < -0.3 is 5.32 Å². The van der Waals surface area contributed by atoms with Gasteiger partial charge >= 0.3 is 0 Å². The molecule has 0 aliphatic heterocycles. The summed E-state index contributed by atoms with van der Waals surface area (Å²) in [5.41, 5.74) is 3.49. The van der Waals surface area contributed by atoms with Gasteiger partial charge in [0.25, 0.3) is 0 Å². The first-order valence-corrected chi connectivity index (χ1v) is 8.52. The Morgan fingerprint density at radius 3 is 2.48 bits per heavy atom. The van der Waals surface area contributed by atoms with Gasteiger partial charge in [-0.2, -0.15) is 0 Å². The van der Waals surface area contributed by atoms with Crippen molar-refractivity contribution in [2.45, 2.75) is 32.7 Å². The quantitative estimate of drug-likeness (QED) is 0.722. The first-order chi connectivity index (χ1) is 12.2. The molecule has 128 valence electrons. The van der Waals surface area contributed by atoms with E-state index in [1.54, 1.807) is 18.7 Å². The number of amides is 1. The number of aromatic nitrogens is 3. The molecule has 5 heteroatoms. The SMILES string of the molecule is CCc1ccc(CCC(=O)NCc2ccc(-n3ccnc3)nc2)cc1. The largest absolute Gasteiger partial charge is 0.352 e. The molecule has 0 saturated heterocycles. The van der Waals surface area contributed by atoms with Crippen LogP contribution in [-0.2, 0) is 24.2 Å². The van der Waals surface area contributed by atoms with Crippen molar-refractivity contribution in [1.82, 2.24) is 19.9 Å². The van der Waals surface area contributed by atoms with E-state index in [0.717, 1.165) is 24.2 Å². The zero-order valence-corrected chi connectivity index (χ0v) is 14.4. The van der Waals surface area contributed by atoms with Gasteiger partial charge in [0.2, 0.25) is 5.91 Å². The fourth-order valence-corrected chi connectivity index (χ4v) is 2.56. The average Bonchev–Trinajstić information content (AvgIpc) is 3.20. The zero-order chi connectivity index (χ0) is 17.5. The Kier molecular flexibility index (Phi) is 5.57. The van der Waals surface area contributed by atoms with Gasteiger partial charge in [-0.1, -0.05) is 37.3 Å². The van der Waals surface area contributed by atoms with E-state index >= 15 is 0 Å². The second-order valence-corrected chi connectivity index (χ2v) is 5.94. The van der Waals surface area contributed by atoms with E-state index in [4.69, 9.17) is 0 Å². The summed E-state index contributed by atoms with van der Waals surface area (Å²) in [5, 5.41) is 2.95. The maximum absolute atomic E-state index is 12.0. The summed E-state index contributed by atoms with van der Waals surface area (Å²) in [5.74, 6) is 0.862. The lowest BCUT2D eigenvalue weighted by molar-refractivity contribution is -0.121. The molecule has 0 fully saturated rings. The predicted octanol–water partition coefficient (Wildman–Crippen LogP) is 3.08. The molecule has 2 aromatic heterocycles. The highest BCUT2D eigenvalue weighted by molar-refractivity contribution is 5.76. The zero-order valence-electron chi connectivity index (χ0n) is 14.4. The van der Waals surface area contributed by atoms with Crippen LogP contribution in [0.1, 0.15) is 30.0 Å². The van der Waals surface area contributed by atoms with E-state index in [1.165, 1.54) is 11.1 Å². The van der Waals surface area contributed by atoms with Gasteiger partial charge in [-0.25, -0.2) is 9.97 Å². The van der Waals surface area contributed by atoms with Crippen LogP contribution >= 0.6 is 0 Å². The van der Waals surface area contributed by atoms with Crippen LogP contribution in [-0.4, -0.2) is 20.4 Å². The maximum Gasteiger partial charge on any atom is 0.220 e. The van der Waals surface area contributed by atoms with Crippen LogP contribution in [0.25, 0.3) is 5.82 Å². The second kappa shape index (κ2) is 8.24. The minimum atomic E-state index is 0.0539. The molecular weight excluding hydrogens is 312 g/mol. The van der Waals surface area contributed by atoms with E-state index < -0.39 is 0 Å². The topological polar surface area (TPSA) is 59.8 Å². The Morgan fingerprint density at radius 2 is 1.84 bits per heavy atom. The highest BCUT2D eigenvalue weighted by Gasteiger charge is 2.04. The molecular formula is C20H22N4O. The summed E-state index contributed by atoms with van der Waals surface area (Å²) < 4.78 is 1.84. The lowest BCUT2D eigenvalue weighted by Crippen LogP contribution is -2.23. The lowest BCUT2D eigenvalue weighted by atomic mass is 10.1. The van der Waals surface area contributed by atoms with Crippen LogP contribution in [0.5, 0.6) is 0 Å². The summed E-state index contributed by atoms with van der Waals surface area (Å²) >= 11 is 0. The molecule has 25 heavy (non-hydrogen) atoms. The smallest absolute Gasteiger partial charge is 0.220 e. The first kappa shape index (κ1) is 16.9. The Balaban J connectivity index is 1.45. The number of imidazole rings is 1. The highest BCUT2D eigenvalue weighted by Crippen LogP contribution is 2.08. The van der Waals surface area contributed by atoms with Gasteiger partial charge in [-0.15, -0.1) is 0 Å². The van der Waals surface area contributed by atoms with Crippen molar-refractivity contribution in [2.75, 3.05) is 0 Å². The van der Waals surface area contributed by atoms with E-state index in [9.17, 15) is 4.79 Å². The van der Waals surface area contributed by atoms with Crippen molar-refractivity contribution in [2.24, 2.45) is 0 Å². The molecule has 1 N–H and O–H groups in total. The van der Waals surface area contributed by atoms with Crippen LogP contribution in [0.2, 0.25) is 0 Å². The molecule has 1 aromatic carbocycles. The third-order valence-electron chi connectivity index (χ3n) is 4.14. The van der Waals surface area contributed by atoms with Crippen LogP contribution in [0.15, 0.2) is 61.3 Å². The van der Waals surface area contributed by atoms with Crippen LogP contribution < -0.4 is 5.32 Å². The molecule has 0 aliphatic carbocycles. The number of nitrogens with one attached hydrogen (secondary N) is 1. The van der Waals surface area contributed by atoms with Gasteiger partial charge in [-0.05, 0) is 35.6 Å². The lowest BCUT2D eigenvalue weighted by Gasteiger charge is -2.07. The molecule has 5 nitrogen and oxygen atoms in total. The first-order valence-electron chi connectivity index (χ1n) is 8.52. The minimum absolute atomic E-state index is 0.0539. The van der Waals surface area contributed by atoms with Crippen molar-refractivity contribution < 1.29 is 4.79 Å². The van der Waals surface area contributed by atoms with Gasteiger partial charge in [0.15, 0.2) is 0 Å². The van der Waals surface area contributed by atoms with Crippen molar-refractivity contribution in [3.8, 4) is 5.82 Å². The van der Waals surface area contributed by atoms with Crippen LogP contribution in [0, 0.1) is 0 Å². The fourth-order valence-electron chi connectivity index (χ4n) is 2.56. The Labute approximate surface area is 147 Å². The van der Waals surface area contributed by atoms with Crippen LogP contribution in [0.3, 0.4) is 0 Å². The average molecular weight is 334 g/mol. The number of carbonyl (C=O) groups is 1. The van der Waals surface area contributed by atoms with E-state index in [2.05, 4.69) is 46.5 Å². The summed E-state index contributed by atoms with van der Waals surface area (Å²) in [6.45, 7) is 2.63. The number of hydrogen-bond acceptors (Lipinski definition) is 3. The number of hydrogen-bond donors (Lipinski definition) is 1. The molecule has 3 rings (SSSR count). The van der Waals surface area contributed by atoms with E-state index in [-0.39, 0.29) is 5.91 Å². The van der Waals surface area contributed by atoms with Gasteiger partial charge in [0.05, 0.1) is 0 Å². The number of carbonyl (C=O) groups excluding carboxylic acids is 1. The monoisotopic (exact) mass is 334 g/mol. The third-order valence-corrected chi connectivity index (χ3v) is 4.14. The molecule has 2 heterocycles. The molecule has 3 aromatic rings. The summed E-state index contributed by atoms with van der Waals surface area (Å²) in [6.07, 6.45) is 9.33. The second-order valence-electron chi connectivity index (χ2n) is 5.94. The van der Waals surface area contributed by atoms with Crippen molar-refractivity contribution in [1.29, 1.82) is 0 Å². The van der Waals surface area contributed by atoms with E-state index in [0.29, 0.717) is 13.0 Å². The number of pyridine rings is 1. The molecule has 0 bridgehead atoms. The number of benzene rings is 1. The Morgan fingerprint density at radius 1 is 1.08 bits per heavy atom. The standard InChI is InChI=1S/C20H22N4O/c1-2-16-3-5-17(6-4-16)8-10-20(25)23-14-18-7-9-19(22-13-18)24-12-11-21-15-24/h3-7,9,11-13,15H,2,8,10,14H2,1H3,(H,23,25). The summed E-state index contributed by atoms with van der Waals surface area (Å²) in [6, 6.07) is 12.3. The number of aryl methyl sites for hydroxylation is 2. The fraction of sp³-hybridized carbons (Fsp3) is 0.250. The molecule has 0 aliphatic rings. The van der Waals surface area contributed by atoms with Gasteiger partial charge in [0.1, 0.15) is 12.1 Å². The van der Waals surface area contributed by atoms with E-state index in [1.807, 2.05) is 22.9 Å². The highest BCUT2D eigenvalue weighted by atomic mass is 16.1. The minimum Gasteiger partial charge on any atom is -0.352 e. The molecule has 0 atom stereocenters. The third kappa shape index (κ3) is 4.76. The van der Waals surface area contributed by atoms with Gasteiger partial charge in [0, 0.05) is 31.6 Å². The predicted molar refractivity (Wildman–Crippen MR) is 97.3 cm³/mol.